The average Bonchev–Trinajstić information content (AvgIpc) is 2.45. The zero-order chi connectivity index (χ0) is 8.81. The Balaban J connectivity index is 1.97. The van der Waals surface area contributed by atoms with Crippen molar-refractivity contribution in [3.63, 3.8) is 0 Å². The van der Waals surface area contributed by atoms with E-state index in [9.17, 15) is 0 Å². The minimum atomic E-state index is 0.416. The number of unbranched alkanes of at least 4 members (excludes halogenated alkanes) is 3. The van der Waals surface area contributed by atoms with Gasteiger partial charge in [-0.25, -0.2) is 0 Å². The van der Waals surface area contributed by atoms with E-state index in [2.05, 4.69) is 6.92 Å². The Morgan fingerprint density at radius 3 is 2.92 bits per heavy atom. The summed E-state index contributed by atoms with van der Waals surface area (Å²) in [5.41, 5.74) is 0. The van der Waals surface area contributed by atoms with Gasteiger partial charge in [0, 0.05) is 5.75 Å². The van der Waals surface area contributed by atoms with Crippen molar-refractivity contribution in [1.29, 1.82) is 0 Å². The topological polar surface area (TPSA) is 9.23 Å². The summed E-state index contributed by atoms with van der Waals surface area (Å²) in [5.74, 6) is 1.07. The van der Waals surface area contributed by atoms with Crippen molar-refractivity contribution in [3.05, 3.63) is 0 Å². The van der Waals surface area contributed by atoms with Crippen molar-refractivity contribution in [3.8, 4) is 0 Å². The van der Waals surface area contributed by atoms with Crippen LogP contribution in [0.4, 0.5) is 0 Å². The van der Waals surface area contributed by atoms with E-state index >= 15 is 0 Å². The molecule has 0 aliphatic carbocycles. The molecule has 1 aliphatic heterocycles. The van der Waals surface area contributed by atoms with Crippen LogP contribution in [-0.4, -0.2) is 16.2 Å². The highest BCUT2D eigenvalue weighted by Gasteiger charge is 2.20. The highest BCUT2D eigenvalue weighted by Crippen LogP contribution is 2.23. The SMILES string of the molecule is CCCCCCC1CSC(=S)O1. The van der Waals surface area contributed by atoms with Gasteiger partial charge in [0.15, 0.2) is 0 Å². The zero-order valence-corrected chi connectivity index (χ0v) is 9.18. The van der Waals surface area contributed by atoms with Crippen molar-refractivity contribution < 1.29 is 4.74 Å². The quantitative estimate of drug-likeness (QED) is 0.502. The zero-order valence-electron chi connectivity index (χ0n) is 7.54. The van der Waals surface area contributed by atoms with Crippen LogP contribution in [0.5, 0.6) is 0 Å². The molecule has 0 aromatic carbocycles. The van der Waals surface area contributed by atoms with Crippen LogP contribution in [0.1, 0.15) is 39.0 Å². The Morgan fingerprint density at radius 1 is 1.50 bits per heavy atom. The number of ether oxygens (including phenoxy) is 1. The first-order valence-electron chi connectivity index (χ1n) is 4.66. The van der Waals surface area contributed by atoms with Crippen LogP contribution >= 0.6 is 24.0 Å². The van der Waals surface area contributed by atoms with Gasteiger partial charge < -0.3 is 4.74 Å². The smallest absolute Gasteiger partial charge is 0.220 e. The predicted octanol–water partition coefficient (Wildman–Crippen LogP) is 3.37. The van der Waals surface area contributed by atoms with Gasteiger partial charge in [0.25, 0.3) is 0 Å². The summed E-state index contributed by atoms with van der Waals surface area (Å²) in [7, 11) is 0. The normalized spacial score (nSPS) is 22.8. The first-order chi connectivity index (χ1) is 5.83. The Labute approximate surface area is 84.2 Å². The van der Waals surface area contributed by atoms with Gasteiger partial charge in [-0.05, 0) is 25.1 Å². The molecular formula is C9H16OS2. The minimum absolute atomic E-state index is 0.416. The van der Waals surface area contributed by atoms with Gasteiger partial charge in [0.2, 0.25) is 4.38 Å². The van der Waals surface area contributed by atoms with Gasteiger partial charge in [-0.1, -0.05) is 37.9 Å². The molecule has 1 saturated heterocycles. The molecule has 0 amide bonds. The Bertz CT molecular complexity index is 147. The monoisotopic (exact) mass is 204 g/mol. The first kappa shape index (κ1) is 10.3. The number of hydrogen-bond acceptors (Lipinski definition) is 3. The lowest BCUT2D eigenvalue weighted by Crippen LogP contribution is -2.08. The fraction of sp³-hybridized carbons (Fsp3) is 0.889. The van der Waals surface area contributed by atoms with E-state index in [0.29, 0.717) is 6.10 Å². The molecule has 1 aliphatic rings. The predicted molar refractivity (Wildman–Crippen MR) is 58.7 cm³/mol. The van der Waals surface area contributed by atoms with Crippen LogP contribution in [0.2, 0.25) is 0 Å². The molecule has 1 fully saturated rings. The maximum Gasteiger partial charge on any atom is 0.220 e. The minimum Gasteiger partial charge on any atom is -0.474 e. The molecule has 0 N–H and O–H groups in total. The summed E-state index contributed by atoms with van der Waals surface area (Å²) < 4.78 is 6.18. The molecule has 12 heavy (non-hydrogen) atoms. The highest BCUT2D eigenvalue weighted by molar-refractivity contribution is 8.22. The molecule has 3 heteroatoms. The maximum absolute atomic E-state index is 5.44. The molecule has 0 aromatic rings. The number of rotatable bonds is 5. The van der Waals surface area contributed by atoms with E-state index in [0.717, 1.165) is 10.1 Å². The van der Waals surface area contributed by atoms with Gasteiger partial charge in [-0.2, -0.15) is 0 Å². The third-order valence-corrected chi connectivity index (χ3v) is 3.35. The molecular weight excluding hydrogens is 188 g/mol. The lowest BCUT2D eigenvalue weighted by molar-refractivity contribution is 0.219. The molecule has 1 atom stereocenters. The number of hydrogen-bond donors (Lipinski definition) is 0. The molecule has 1 heterocycles. The Kier molecular flexibility index (Phi) is 5.00. The second-order valence-corrected chi connectivity index (χ2v) is 4.77. The summed E-state index contributed by atoms with van der Waals surface area (Å²) in [6, 6.07) is 0. The van der Waals surface area contributed by atoms with Crippen molar-refractivity contribution in [2.75, 3.05) is 5.75 Å². The highest BCUT2D eigenvalue weighted by atomic mass is 32.2. The van der Waals surface area contributed by atoms with Gasteiger partial charge in [-0.3, -0.25) is 0 Å². The number of thiocarbonyl (C=S) groups is 1. The van der Waals surface area contributed by atoms with Crippen LogP contribution in [0, 0.1) is 0 Å². The second kappa shape index (κ2) is 5.81. The molecule has 0 saturated carbocycles. The molecule has 1 nitrogen and oxygen atoms in total. The second-order valence-electron chi connectivity index (χ2n) is 3.15. The molecule has 0 bridgehead atoms. The van der Waals surface area contributed by atoms with Crippen LogP contribution in [0.25, 0.3) is 0 Å². The lowest BCUT2D eigenvalue weighted by atomic mass is 10.1. The summed E-state index contributed by atoms with van der Waals surface area (Å²) in [6.45, 7) is 2.23. The van der Waals surface area contributed by atoms with Crippen LogP contribution in [0.3, 0.4) is 0 Å². The van der Waals surface area contributed by atoms with Gasteiger partial charge in [0.1, 0.15) is 6.10 Å². The largest absolute Gasteiger partial charge is 0.474 e. The van der Waals surface area contributed by atoms with Crippen molar-refractivity contribution >= 4 is 28.4 Å². The van der Waals surface area contributed by atoms with E-state index < -0.39 is 0 Å². The first-order valence-corrected chi connectivity index (χ1v) is 6.05. The van der Waals surface area contributed by atoms with Crippen LogP contribution in [0.15, 0.2) is 0 Å². The van der Waals surface area contributed by atoms with E-state index in [-0.39, 0.29) is 0 Å². The summed E-state index contributed by atoms with van der Waals surface area (Å²) in [5, 5.41) is 0. The van der Waals surface area contributed by atoms with Gasteiger partial charge >= 0.3 is 0 Å². The lowest BCUT2D eigenvalue weighted by Gasteiger charge is -2.07. The fourth-order valence-electron chi connectivity index (χ4n) is 1.31. The third kappa shape index (κ3) is 3.76. The third-order valence-electron chi connectivity index (χ3n) is 2.03. The van der Waals surface area contributed by atoms with E-state index in [1.807, 2.05) is 0 Å². The molecule has 0 aromatic heterocycles. The maximum atomic E-state index is 5.44. The van der Waals surface area contributed by atoms with Gasteiger partial charge in [0.05, 0.1) is 0 Å². The fourth-order valence-corrected chi connectivity index (χ4v) is 2.41. The summed E-state index contributed by atoms with van der Waals surface area (Å²) in [4.78, 5) is 0. The summed E-state index contributed by atoms with van der Waals surface area (Å²) in [6.07, 6.45) is 6.89. The van der Waals surface area contributed by atoms with Crippen LogP contribution < -0.4 is 0 Å². The van der Waals surface area contributed by atoms with Crippen molar-refractivity contribution in [2.24, 2.45) is 0 Å². The van der Waals surface area contributed by atoms with Crippen LogP contribution in [-0.2, 0) is 4.74 Å². The molecule has 0 radical (unpaired) electrons. The summed E-state index contributed by atoms with van der Waals surface area (Å²) >= 11 is 6.62. The van der Waals surface area contributed by atoms with Crippen molar-refractivity contribution in [2.45, 2.75) is 45.1 Å². The Hall–Kier alpha value is 0.240. The van der Waals surface area contributed by atoms with E-state index in [4.69, 9.17) is 17.0 Å². The molecule has 1 rings (SSSR count). The average molecular weight is 204 g/mol. The van der Waals surface area contributed by atoms with Crippen molar-refractivity contribution in [1.82, 2.24) is 0 Å². The molecule has 0 spiro atoms. The Morgan fingerprint density at radius 2 is 2.33 bits per heavy atom. The number of thioether (sulfide) groups is 1. The standard InChI is InChI=1S/C9H16OS2/c1-2-3-4-5-6-8-7-12-9(11)10-8/h8H,2-7H2,1H3. The molecule has 1 unspecified atom stereocenters. The van der Waals surface area contributed by atoms with Gasteiger partial charge in [-0.15, -0.1) is 0 Å². The molecule has 70 valence electrons. The van der Waals surface area contributed by atoms with E-state index in [1.165, 1.54) is 32.1 Å². The van der Waals surface area contributed by atoms with E-state index in [1.54, 1.807) is 11.8 Å².